The van der Waals surface area contributed by atoms with Gasteiger partial charge in [0.1, 0.15) is 0 Å². The Morgan fingerprint density at radius 1 is 0.231 bits per heavy atom. The Hall–Kier alpha value is -6.76. The minimum absolute atomic E-state index is 1.11. The molecule has 0 saturated carbocycles. The van der Waals surface area contributed by atoms with Gasteiger partial charge in [0.2, 0.25) is 0 Å². The molecule has 0 radical (unpaired) electrons. The molecule has 244 valence electrons. The number of hydrogen-bond donors (Lipinski definition) is 0. The molecule has 0 heteroatoms. The van der Waals surface area contributed by atoms with E-state index in [2.05, 4.69) is 172 Å². The maximum Gasteiger partial charge on any atom is -0.00139 e. The molecule has 0 atom stereocenters. The van der Waals surface area contributed by atoms with Crippen molar-refractivity contribution in [2.45, 2.75) is 0 Å². The van der Waals surface area contributed by atoms with Crippen molar-refractivity contribution in [2.24, 2.45) is 0 Å². The van der Waals surface area contributed by atoms with Gasteiger partial charge in [-0.2, -0.15) is 0 Å². The quantitative estimate of drug-likeness (QED) is 0.112. The second-order valence-electron chi connectivity index (χ2n) is 13.4. The predicted molar refractivity (Wildman–Crippen MR) is 230 cm³/mol. The molecule has 0 amide bonds. The number of rotatable bonds is 8. The van der Waals surface area contributed by atoms with Gasteiger partial charge >= 0.3 is 0 Å². The zero-order chi connectivity index (χ0) is 35.3. The largest absolute Gasteiger partial charge is 0.0985 e. The fourth-order valence-electron chi connectivity index (χ4n) is 8.05. The van der Waals surface area contributed by atoms with Crippen LogP contribution in [0.3, 0.4) is 0 Å². The third-order valence-corrected chi connectivity index (χ3v) is 10.7. The van der Waals surface area contributed by atoms with E-state index in [0.29, 0.717) is 0 Å². The van der Waals surface area contributed by atoms with Gasteiger partial charge in [0.15, 0.2) is 0 Å². The topological polar surface area (TPSA) is 0 Å². The fourth-order valence-corrected chi connectivity index (χ4v) is 8.05. The molecular weight excluding hydrogens is 625 g/mol. The Balaban J connectivity index is 1.43. The van der Waals surface area contributed by atoms with Crippen LogP contribution in [-0.4, -0.2) is 0 Å². The molecule has 0 bridgehead atoms. The molecule has 0 aliphatic rings. The summed E-state index contributed by atoms with van der Waals surface area (Å²) in [6.07, 6.45) is 7.59. The van der Waals surface area contributed by atoms with E-state index in [0.717, 1.165) is 22.3 Å². The lowest BCUT2D eigenvalue weighted by Crippen LogP contribution is -1.94. The summed E-state index contributed by atoms with van der Waals surface area (Å²) in [7, 11) is 0. The Kier molecular flexibility index (Phi) is 7.53. The van der Waals surface area contributed by atoms with E-state index in [1.54, 1.807) is 0 Å². The van der Waals surface area contributed by atoms with Crippen LogP contribution in [-0.2, 0) is 0 Å². The van der Waals surface area contributed by atoms with E-state index in [4.69, 9.17) is 0 Å². The first-order valence-corrected chi connectivity index (χ1v) is 17.7. The van der Waals surface area contributed by atoms with Crippen molar-refractivity contribution in [2.75, 3.05) is 0 Å². The minimum Gasteiger partial charge on any atom is -0.0985 e. The van der Waals surface area contributed by atoms with E-state index in [9.17, 15) is 0 Å². The second-order valence-corrected chi connectivity index (χ2v) is 13.4. The molecule has 9 rings (SSSR count). The smallest absolute Gasteiger partial charge is 0.00139 e. The molecular formula is C52H36. The lowest BCUT2D eigenvalue weighted by atomic mass is 9.81. The van der Waals surface area contributed by atoms with Crippen LogP contribution in [0.1, 0.15) is 22.3 Å². The second kappa shape index (κ2) is 12.5. The normalized spacial score (nSPS) is 11.4. The predicted octanol–water partition coefficient (Wildman–Crippen LogP) is 15.0. The highest BCUT2D eigenvalue weighted by molar-refractivity contribution is 6.37. The number of fused-ring (bicyclic) bond motifs is 2. The van der Waals surface area contributed by atoms with Crippen molar-refractivity contribution in [3.63, 3.8) is 0 Å². The van der Waals surface area contributed by atoms with Gasteiger partial charge in [0.05, 0.1) is 0 Å². The summed E-state index contributed by atoms with van der Waals surface area (Å²) in [6, 6.07) is 53.6. The van der Waals surface area contributed by atoms with Crippen LogP contribution in [0.15, 0.2) is 172 Å². The Morgan fingerprint density at radius 3 is 0.635 bits per heavy atom. The van der Waals surface area contributed by atoms with Crippen molar-refractivity contribution in [1.82, 2.24) is 0 Å². The lowest BCUT2D eigenvalue weighted by molar-refractivity contribution is 1.61. The molecule has 0 unspecified atom stereocenters. The van der Waals surface area contributed by atoms with Gasteiger partial charge in [-0.3, -0.25) is 0 Å². The third-order valence-electron chi connectivity index (χ3n) is 10.7. The summed E-state index contributed by atoms with van der Waals surface area (Å²) in [5.74, 6) is 0. The maximum atomic E-state index is 3.98. The van der Waals surface area contributed by atoms with Gasteiger partial charge in [0.25, 0.3) is 0 Å². The summed E-state index contributed by atoms with van der Waals surface area (Å²) >= 11 is 0. The van der Waals surface area contributed by atoms with Crippen LogP contribution in [0.5, 0.6) is 0 Å². The van der Waals surface area contributed by atoms with Crippen molar-refractivity contribution in [3.8, 4) is 44.5 Å². The van der Waals surface area contributed by atoms with E-state index in [-0.39, 0.29) is 0 Å². The van der Waals surface area contributed by atoms with Crippen LogP contribution in [0.4, 0.5) is 0 Å². The molecule has 0 aliphatic heterocycles. The SMILES string of the molecule is C=Cc1ccc(-c2ccc3c4ccc(-c5ccc(C=C)cc5)c5c(-c6ccc(C=C)cc6)ccc(c6ccc(-c7ccc(C=C)cc7)c2c36)c54)cc1. The van der Waals surface area contributed by atoms with Crippen LogP contribution in [0.25, 0.3) is 112 Å². The highest BCUT2D eigenvalue weighted by atomic mass is 14.2. The highest BCUT2D eigenvalue weighted by Crippen LogP contribution is 2.49. The Labute approximate surface area is 305 Å². The molecule has 0 N–H and O–H groups in total. The Bertz CT molecular complexity index is 2450. The van der Waals surface area contributed by atoms with Gasteiger partial charge in [0, 0.05) is 0 Å². The molecule has 0 nitrogen and oxygen atoms in total. The Morgan fingerprint density at radius 2 is 0.442 bits per heavy atom. The first-order chi connectivity index (χ1) is 25.6. The molecule has 0 spiro atoms. The lowest BCUT2D eigenvalue weighted by Gasteiger charge is -2.22. The highest BCUT2D eigenvalue weighted by Gasteiger charge is 2.22. The summed E-state index contributed by atoms with van der Waals surface area (Å²) < 4.78 is 0. The molecule has 0 fully saturated rings. The summed E-state index contributed by atoms with van der Waals surface area (Å²) in [5, 5.41) is 10.1. The standard InChI is InChI=1S/C52H36/c1-5-33-9-17-37(18-10-33)41-25-29-45-47-31-27-43(39-21-13-35(7-3)14-22-39)50-44(40-23-15-36(8-4)16-24-40)28-32-48(52(47)50)46-30-26-42(49(41)51(45)46)38-19-11-34(6-2)12-20-38/h5-32H,1-4H2. The molecule has 9 aromatic carbocycles. The third kappa shape index (κ3) is 4.92. The first kappa shape index (κ1) is 31.2. The maximum absolute atomic E-state index is 3.98. The van der Waals surface area contributed by atoms with Crippen LogP contribution in [0.2, 0.25) is 0 Å². The van der Waals surface area contributed by atoms with Crippen LogP contribution >= 0.6 is 0 Å². The first-order valence-electron chi connectivity index (χ1n) is 17.7. The summed E-state index contributed by atoms with van der Waals surface area (Å²) in [4.78, 5) is 0. The molecule has 0 saturated heterocycles. The summed E-state index contributed by atoms with van der Waals surface area (Å²) in [6.45, 7) is 15.9. The van der Waals surface area contributed by atoms with Crippen LogP contribution < -0.4 is 0 Å². The zero-order valence-electron chi connectivity index (χ0n) is 29.0. The summed E-state index contributed by atoms with van der Waals surface area (Å²) in [5.41, 5.74) is 14.1. The zero-order valence-corrected chi connectivity index (χ0v) is 29.0. The van der Waals surface area contributed by atoms with Crippen molar-refractivity contribution >= 4 is 67.4 Å². The average molecular weight is 661 g/mol. The van der Waals surface area contributed by atoms with E-state index >= 15 is 0 Å². The molecule has 9 aromatic rings. The van der Waals surface area contributed by atoms with Crippen molar-refractivity contribution in [1.29, 1.82) is 0 Å². The van der Waals surface area contributed by atoms with E-state index in [1.807, 2.05) is 24.3 Å². The number of benzene rings is 9. The minimum atomic E-state index is 1.11. The van der Waals surface area contributed by atoms with Crippen LogP contribution in [0, 0.1) is 0 Å². The molecule has 0 aliphatic carbocycles. The van der Waals surface area contributed by atoms with Crippen molar-refractivity contribution < 1.29 is 0 Å². The fraction of sp³-hybridized carbons (Fsp3) is 0. The monoisotopic (exact) mass is 660 g/mol. The molecule has 52 heavy (non-hydrogen) atoms. The number of hydrogen-bond acceptors (Lipinski definition) is 0. The molecule has 0 heterocycles. The van der Waals surface area contributed by atoms with E-state index in [1.165, 1.54) is 87.6 Å². The van der Waals surface area contributed by atoms with E-state index < -0.39 is 0 Å². The van der Waals surface area contributed by atoms with Gasteiger partial charge in [-0.25, -0.2) is 0 Å². The molecule has 0 aromatic heterocycles. The van der Waals surface area contributed by atoms with Gasteiger partial charge < -0.3 is 0 Å². The van der Waals surface area contributed by atoms with Gasteiger partial charge in [-0.1, -0.05) is 196 Å². The van der Waals surface area contributed by atoms with Crippen molar-refractivity contribution in [3.05, 3.63) is 194 Å². The average Bonchev–Trinajstić information content (AvgIpc) is 3.22. The van der Waals surface area contributed by atoms with Gasteiger partial charge in [-0.05, 0) is 110 Å². The van der Waals surface area contributed by atoms with Gasteiger partial charge in [-0.15, -0.1) is 0 Å².